The Hall–Kier alpha value is -1.80. The molecule has 0 saturated carbocycles. The largest absolute Gasteiger partial charge is 0.394 e. The zero-order valence-electron chi connectivity index (χ0n) is 21.6. The lowest BCUT2D eigenvalue weighted by Gasteiger charge is -2.25. The Bertz CT molecular complexity index is 604. The van der Waals surface area contributed by atoms with Crippen LogP contribution in [0, 0.1) is 0 Å². The Kier molecular flexibility index (Phi) is 22.7. The summed E-state index contributed by atoms with van der Waals surface area (Å²) in [7, 11) is 0. The van der Waals surface area contributed by atoms with Gasteiger partial charge in [0.2, 0.25) is 5.91 Å². The van der Waals surface area contributed by atoms with E-state index in [0.717, 1.165) is 6.42 Å². The summed E-state index contributed by atoms with van der Waals surface area (Å²) in [5.41, 5.74) is 0. The van der Waals surface area contributed by atoms with Crippen molar-refractivity contribution in [2.45, 2.75) is 121 Å². The van der Waals surface area contributed by atoms with E-state index in [-0.39, 0.29) is 6.29 Å². The first kappa shape index (κ1) is 33.2. The van der Waals surface area contributed by atoms with Gasteiger partial charge in [0.1, 0.15) is 30.6 Å². The van der Waals surface area contributed by atoms with Crippen molar-refractivity contribution in [1.82, 2.24) is 5.32 Å². The van der Waals surface area contributed by atoms with Crippen LogP contribution < -0.4 is 5.32 Å². The normalized spacial score (nSPS) is 15.6. The number of aliphatic hydroxyl groups excluding tert-OH is 4. The second kappa shape index (κ2) is 23.9. The third kappa shape index (κ3) is 19.1. The fourth-order valence-electron chi connectivity index (χ4n) is 3.69. The first-order valence-corrected chi connectivity index (χ1v) is 13.4. The molecule has 0 aliphatic rings. The number of allylic oxidation sites excluding steroid dienone is 5. The summed E-state index contributed by atoms with van der Waals surface area (Å²) in [6, 6.07) is -1.41. The van der Waals surface area contributed by atoms with Gasteiger partial charge in [0.25, 0.3) is 0 Å². The van der Waals surface area contributed by atoms with Crippen LogP contribution in [0.2, 0.25) is 0 Å². The highest BCUT2D eigenvalue weighted by Crippen LogP contribution is 2.13. The van der Waals surface area contributed by atoms with Crippen LogP contribution >= 0.6 is 0 Å². The van der Waals surface area contributed by atoms with E-state index in [9.17, 15) is 24.9 Å². The van der Waals surface area contributed by atoms with Gasteiger partial charge in [-0.3, -0.25) is 4.79 Å². The van der Waals surface area contributed by atoms with Gasteiger partial charge in [-0.2, -0.15) is 0 Å². The summed E-state index contributed by atoms with van der Waals surface area (Å²) >= 11 is 0. The zero-order valence-corrected chi connectivity index (χ0v) is 21.6. The van der Waals surface area contributed by atoms with Crippen molar-refractivity contribution < 1.29 is 30.0 Å². The van der Waals surface area contributed by atoms with Crippen LogP contribution in [0.25, 0.3) is 0 Å². The van der Waals surface area contributed by atoms with Gasteiger partial charge < -0.3 is 30.5 Å². The van der Waals surface area contributed by atoms with E-state index in [1.165, 1.54) is 95.6 Å². The molecule has 0 rings (SSSR count). The molecule has 35 heavy (non-hydrogen) atoms. The highest BCUT2D eigenvalue weighted by Gasteiger charge is 2.31. The monoisotopic (exact) mass is 495 g/mol. The number of carbonyl (C=O) groups is 2. The van der Waals surface area contributed by atoms with Crippen LogP contribution in [0.5, 0.6) is 0 Å². The number of aldehydes is 1. The maximum Gasteiger partial charge on any atom is 0.244 e. The summed E-state index contributed by atoms with van der Waals surface area (Å²) in [6.45, 7) is 1.47. The fraction of sp³-hybridized carbons (Fsp3) is 0.714. The Morgan fingerprint density at radius 3 is 1.77 bits per heavy atom. The fourth-order valence-corrected chi connectivity index (χ4v) is 3.69. The standard InChI is InChI=1S/C28H49NO6/c1-2-3-4-5-6-7-8-9-10-11-12-13-14-15-16-17-18-19-20-21-26(33)29-24(22-30)27(34)28(35)25(32)23-31/h16-22,24-25,27-28,31-32,34-35H,2-15,23H2,1H3,(H,29,33)/t24-,25+,27+,28+/m0/s1. The van der Waals surface area contributed by atoms with Crippen molar-refractivity contribution in [3.8, 4) is 0 Å². The summed E-state index contributed by atoms with van der Waals surface area (Å²) < 4.78 is 0. The van der Waals surface area contributed by atoms with Crippen molar-refractivity contribution in [3.63, 3.8) is 0 Å². The van der Waals surface area contributed by atoms with Crippen molar-refractivity contribution in [2.24, 2.45) is 0 Å². The third-order valence-corrected chi connectivity index (χ3v) is 5.95. The number of amides is 1. The summed E-state index contributed by atoms with van der Waals surface area (Å²) in [4.78, 5) is 22.9. The van der Waals surface area contributed by atoms with Gasteiger partial charge in [-0.05, 0) is 12.8 Å². The smallest absolute Gasteiger partial charge is 0.244 e. The first-order valence-electron chi connectivity index (χ1n) is 13.4. The molecule has 1 amide bonds. The van der Waals surface area contributed by atoms with Gasteiger partial charge in [-0.15, -0.1) is 0 Å². The molecule has 0 aliphatic heterocycles. The quantitative estimate of drug-likeness (QED) is 0.0633. The average molecular weight is 496 g/mol. The average Bonchev–Trinajstić information content (AvgIpc) is 2.87. The second-order valence-electron chi connectivity index (χ2n) is 9.11. The number of hydrogen-bond donors (Lipinski definition) is 5. The van der Waals surface area contributed by atoms with Gasteiger partial charge in [0, 0.05) is 6.08 Å². The van der Waals surface area contributed by atoms with Crippen LogP contribution in [-0.4, -0.2) is 63.6 Å². The van der Waals surface area contributed by atoms with E-state index in [1.54, 1.807) is 12.2 Å². The van der Waals surface area contributed by atoms with E-state index in [4.69, 9.17) is 5.11 Å². The van der Waals surface area contributed by atoms with E-state index in [0.29, 0.717) is 0 Å². The number of rotatable bonds is 23. The lowest BCUT2D eigenvalue weighted by molar-refractivity contribution is -0.128. The topological polar surface area (TPSA) is 127 Å². The highest BCUT2D eigenvalue weighted by atomic mass is 16.4. The molecule has 0 heterocycles. The van der Waals surface area contributed by atoms with E-state index in [2.05, 4.69) is 18.3 Å². The van der Waals surface area contributed by atoms with Crippen LogP contribution in [0.1, 0.15) is 96.8 Å². The highest BCUT2D eigenvalue weighted by molar-refractivity contribution is 5.89. The van der Waals surface area contributed by atoms with Crippen molar-refractivity contribution in [2.75, 3.05) is 6.61 Å². The van der Waals surface area contributed by atoms with Crippen molar-refractivity contribution in [1.29, 1.82) is 0 Å². The number of carbonyl (C=O) groups excluding carboxylic acids is 2. The molecule has 0 radical (unpaired) electrons. The number of hydrogen-bond acceptors (Lipinski definition) is 6. The molecule has 0 aromatic carbocycles. The zero-order chi connectivity index (χ0) is 26.2. The molecular weight excluding hydrogens is 446 g/mol. The van der Waals surface area contributed by atoms with Crippen LogP contribution in [0.15, 0.2) is 36.5 Å². The third-order valence-electron chi connectivity index (χ3n) is 5.95. The molecular formula is C28H49NO6. The maximum absolute atomic E-state index is 11.8. The predicted molar refractivity (Wildman–Crippen MR) is 141 cm³/mol. The molecule has 4 atom stereocenters. The van der Waals surface area contributed by atoms with Crippen molar-refractivity contribution >= 4 is 12.2 Å². The number of unbranched alkanes of at least 4 members (excludes halogenated alkanes) is 13. The molecule has 0 aromatic rings. The minimum absolute atomic E-state index is 0.263. The lowest BCUT2D eigenvalue weighted by Crippen LogP contribution is -2.53. The summed E-state index contributed by atoms with van der Waals surface area (Å²) in [5, 5.41) is 39.9. The van der Waals surface area contributed by atoms with Crippen LogP contribution in [-0.2, 0) is 9.59 Å². The number of nitrogens with one attached hydrogen (secondary N) is 1. The molecule has 0 bridgehead atoms. The SMILES string of the molecule is CCCCCCCCCCCCCCCC=CC=CC=CC(=O)N[C@@H](C=O)[C@@H](O)[C@H](O)[C@H](O)CO. The van der Waals surface area contributed by atoms with Crippen LogP contribution in [0.4, 0.5) is 0 Å². The number of aliphatic hydroxyl groups is 4. The van der Waals surface area contributed by atoms with E-state index in [1.807, 2.05) is 6.08 Å². The van der Waals surface area contributed by atoms with Crippen LogP contribution in [0.3, 0.4) is 0 Å². The molecule has 0 saturated heterocycles. The molecule has 0 aromatic heterocycles. The predicted octanol–water partition coefficient (Wildman–Crippen LogP) is 3.90. The van der Waals surface area contributed by atoms with Gasteiger partial charge in [0.05, 0.1) is 6.61 Å². The summed E-state index contributed by atoms with van der Waals surface area (Å²) in [5.74, 6) is -0.632. The van der Waals surface area contributed by atoms with Gasteiger partial charge in [0.15, 0.2) is 0 Å². The Morgan fingerprint density at radius 1 is 0.743 bits per heavy atom. The Balaban J connectivity index is 3.80. The van der Waals surface area contributed by atoms with Gasteiger partial charge in [-0.25, -0.2) is 0 Å². The second-order valence-corrected chi connectivity index (χ2v) is 9.11. The first-order chi connectivity index (χ1) is 17.0. The lowest BCUT2D eigenvalue weighted by atomic mass is 10.0. The minimum Gasteiger partial charge on any atom is -0.394 e. The molecule has 202 valence electrons. The Labute approximate surface area is 212 Å². The molecule has 5 N–H and O–H groups in total. The molecule has 0 unspecified atom stereocenters. The molecule has 7 heteroatoms. The molecule has 7 nitrogen and oxygen atoms in total. The van der Waals surface area contributed by atoms with Gasteiger partial charge in [-0.1, -0.05) is 114 Å². The van der Waals surface area contributed by atoms with E-state index < -0.39 is 36.9 Å². The summed E-state index contributed by atoms with van der Waals surface area (Å²) in [6.07, 6.45) is 23.8. The Morgan fingerprint density at radius 2 is 1.26 bits per heavy atom. The van der Waals surface area contributed by atoms with Gasteiger partial charge >= 0.3 is 0 Å². The molecule has 0 spiro atoms. The molecule has 0 aliphatic carbocycles. The van der Waals surface area contributed by atoms with E-state index >= 15 is 0 Å². The molecule has 0 fully saturated rings. The minimum atomic E-state index is -1.76. The maximum atomic E-state index is 11.8. The van der Waals surface area contributed by atoms with Crippen molar-refractivity contribution in [3.05, 3.63) is 36.5 Å².